The minimum atomic E-state index is -1.41. The molecule has 1 unspecified atom stereocenters. The first kappa shape index (κ1) is 44.6. The van der Waals surface area contributed by atoms with Gasteiger partial charge in [-0.25, -0.2) is 14.4 Å². The SMILES string of the molecule is CC(C)(C)OC(=O)N(CCC(NC(=O)O)C(=O)N(CCC(=O)CNC(=O)OCc1ccccc1)CC(c1ccccc1)c1ccccc1)CC1c2ccccc2-c2ccccc21. The van der Waals surface area contributed by atoms with Gasteiger partial charge in [-0.3, -0.25) is 9.59 Å². The summed E-state index contributed by atoms with van der Waals surface area (Å²) in [5.41, 5.74) is 6.08. The molecule has 12 heteroatoms. The molecular weight excluding hydrogens is 785 g/mol. The van der Waals surface area contributed by atoms with Crippen LogP contribution in [0.4, 0.5) is 14.4 Å². The number of Topliss-reactive ketones (excluding diaryl/α,β-unsaturated/α-hetero) is 1. The molecule has 12 nitrogen and oxygen atoms in total. The van der Waals surface area contributed by atoms with Gasteiger partial charge in [-0.05, 0) is 66.1 Å². The number of carbonyl (C=O) groups is 5. The number of alkyl carbamates (subject to hydrolysis) is 1. The van der Waals surface area contributed by atoms with Gasteiger partial charge in [0.25, 0.3) is 0 Å². The van der Waals surface area contributed by atoms with E-state index in [1.165, 1.54) is 4.90 Å². The van der Waals surface area contributed by atoms with E-state index in [9.17, 15) is 29.1 Å². The van der Waals surface area contributed by atoms with Crippen molar-refractivity contribution < 1.29 is 38.6 Å². The molecule has 4 amide bonds. The summed E-state index contributed by atoms with van der Waals surface area (Å²) in [6.07, 6.45) is -2.98. The summed E-state index contributed by atoms with van der Waals surface area (Å²) in [5, 5.41) is 15.0. The van der Waals surface area contributed by atoms with Gasteiger partial charge in [0.05, 0.1) is 6.54 Å². The van der Waals surface area contributed by atoms with E-state index in [0.29, 0.717) is 0 Å². The molecule has 0 bridgehead atoms. The highest BCUT2D eigenvalue weighted by molar-refractivity contribution is 5.87. The first-order valence-corrected chi connectivity index (χ1v) is 20.9. The third-order valence-electron chi connectivity index (χ3n) is 10.7. The maximum Gasteiger partial charge on any atom is 0.410 e. The number of fused-ring (bicyclic) bond motifs is 3. The lowest BCUT2D eigenvalue weighted by Gasteiger charge is -2.33. The summed E-state index contributed by atoms with van der Waals surface area (Å²) in [6, 6.07) is 43.2. The van der Waals surface area contributed by atoms with E-state index in [4.69, 9.17) is 9.47 Å². The van der Waals surface area contributed by atoms with Crippen molar-refractivity contribution in [2.24, 2.45) is 0 Å². The summed E-state index contributed by atoms with van der Waals surface area (Å²) in [4.78, 5) is 70.0. The van der Waals surface area contributed by atoms with Crippen LogP contribution < -0.4 is 10.6 Å². The number of ketones is 1. The molecule has 0 heterocycles. The number of carbonyl (C=O) groups excluding carboxylic acids is 4. The topological polar surface area (TPSA) is 155 Å². The molecule has 0 saturated carbocycles. The van der Waals surface area contributed by atoms with Crippen LogP contribution in [0.2, 0.25) is 0 Å². The Morgan fingerprint density at radius 3 is 1.77 bits per heavy atom. The number of hydrogen-bond acceptors (Lipinski definition) is 7. The van der Waals surface area contributed by atoms with Gasteiger partial charge in [-0.2, -0.15) is 0 Å². The zero-order chi connectivity index (χ0) is 44.1. The highest BCUT2D eigenvalue weighted by Crippen LogP contribution is 2.45. The number of nitrogens with zero attached hydrogens (tertiary/aromatic N) is 2. The molecule has 1 atom stereocenters. The Kier molecular flexibility index (Phi) is 15.1. The van der Waals surface area contributed by atoms with Crippen LogP contribution in [-0.2, 0) is 25.7 Å². The monoisotopic (exact) mass is 838 g/mol. The van der Waals surface area contributed by atoms with Gasteiger partial charge in [0.15, 0.2) is 5.78 Å². The maximum atomic E-state index is 14.8. The van der Waals surface area contributed by atoms with Gasteiger partial charge in [-0.15, -0.1) is 0 Å². The van der Waals surface area contributed by atoms with Crippen LogP contribution in [-0.4, -0.2) is 89.2 Å². The number of nitrogens with one attached hydrogen (secondary N) is 2. The van der Waals surface area contributed by atoms with Crippen molar-refractivity contribution in [3.8, 4) is 11.1 Å². The quantitative estimate of drug-likeness (QED) is 0.0793. The van der Waals surface area contributed by atoms with Gasteiger partial charge in [0, 0.05) is 44.4 Å². The molecule has 0 aliphatic heterocycles. The second-order valence-electron chi connectivity index (χ2n) is 16.3. The molecule has 5 aromatic rings. The molecule has 62 heavy (non-hydrogen) atoms. The summed E-state index contributed by atoms with van der Waals surface area (Å²) in [6.45, 7) is 5.28. The molecule has 0 fully saturated rings. The van der Waals surface area contributed by atoms with Gasteiger partial charge in [-0.1, -0.05) is 140 Å². The van der Waals surface area contributed by atoms with E-state index in [0.717, 1.165) is 38.9 Å². The lowest BCUT2D eigenvalue weighted by atomic mass is 9.90. The minimum absolute atomic E-state index is 0.0188. The second kappa shape index (κ2) is 21.0. The fraction of sp³-hybridized carbons (Fsp3) is 0.300. The third-order valence-corrected chi connectivity index (χ3v) is 10.7. The van der Waals surface area contributed by atoms with Crippen molar-refractivity contribution in [3.63, 3.8) is 0 Å². The zero-order valence-corrected chi connectivity index (χ0v) is 35.4. The molecule has 0 radical (unpaired) electrons. The van der Waals surface area contributed by atoms with E-state index in [1.54, 1.807) is 25.7 Å². The number of hydrogen-bond donors (Lipinski definition) is 3. The van der Waals surface area contributed by atoms with Crippen LogP contribution in [0.1, 0.15) is 73.3 Å². The average Bonchev–Trinajstić information content (AvgIpc) is 3.58. The molecule has 322 valence electrons. The van der Waals surface area contributed by atoms with E-state index in [1.807, 2.05) is 127 Å². The first-order valence-electron chi connectivity index (χ1n) is 20.9. The minimum Gasteiger partial charge on any atom is -0.465 e. The second-order valence-corrected chi connectivity index (χ2v) is 16.3. The smallest absolute Gasteiger partial charge is 0.410 e. The molecule has 0 saturated heterocycles. The predicted molar refractivity (Wildman–Crippen MR) is 237 cm³/mol. The normalized spacial score (nSPS) is 12.4. The van der Waals surface area contributed by atoms with E-state index >= 15 is 0 Å². The van der Waals surface area contributed by atoms with E-state index in [2.05, 4.69) is 22.8 Å². The Hall–Kier alpha value is -6.95. The average molecular weight is 839 g/mol. The largest absolute Gasteiger partial charge is 0.465 e. The lowest BCUT2D eigenvalue weighted by molar-refractivity contribution is -0.134. The van der Waals surface area contributed by atoms with Crippen LogP contribution in [0, 0.1) is 0 Å². The zero-order valence-electron chi connectivity index (χ0n) is 35.4. The fourth-order valence-electron chi connectivity index (χ4n) is 7.75. The maximum absolute atomic E-state index is 14.8. The molecule has 5 aromatic carbocycles. The Balaban J connectivity index is 1.24. The highest BCUT2D eigenvalue weighted by Gasteiger charge is 2.35. The summed E-state index contributed by atoms with van der Waals surface area (Å²) >= 11 is 0. The molecule has 0 aromatic heterocycles. The molecule has 3 N–H and O–H groups in total. The number of ether oxygens (including phenoxy) is 2. The Morgan fingerprint density at radius 1 is 0.694 bits per heavy atom. The van der Waals surface area contributed by atoms with Crippen molar-refractivity contribution in [2.75, 3.05) is 32.7 Å². The molecule has 1 aliphatic carbocycles. The van der Waals surface area contributed by atoms with Gasteiger partial charge < -0.3 is 35.0 Å². The number of amides is 4. The molecular formula is C50H54N4O8. The van der Waals surface area contributed by atoms with Crippen LogP contribution in [0.5, 0.6) is 0 Å². The van der Waals surface area contributed by atoms with Gasteiger partial charge in [0.1, 0.15) is 18.2 Å². The van der Waals surface area contributed by atoms with E-state index < -0.39 is 35.8 Å². The van der Waals surface area contributed by atoms with Gasteiger partial charge >= 0.3 is 18.3 Å². The van der Waals surface area contributed by atoms with Crippen LogP contribution in [0.15, 0.2) is 140 Å². The fourth-order valence-corrected chi connectivity index (χ4v) is 7.75. The highest BCUT2D eigenvalue weighted by atomic mass is 16.6. The summed E-state index contributed by atoms with van der Waals surface area (Å²) < 4.78 is 11.1. The number of carboxylic acid groups (broad SMARTS) is 1. The van der Waals surface area contributed by atoms with Crippen molar-refractivity contribution in [2.45, 2.75) is 63.7 Å². The standard InChI is InChI=1S/C50H54N4O8/c1-50(2,3)62-49(60)54(33-44-41-25-15-13-23-39(41)40-24-14-16-26-42(40)44)30-28-45(52-47(57)58)46(56)53(32-43(36-19-9-5-10-20-36)37-21-11-6-12-22-37)29-27-38(55)31-51-48(59)61-34-35-17-7-4-8-18-35/h4-26,43-45,52H,27-34H2,1-3H3,(H,51,59)(H,57,58). The Bertz CT molecular complexity index is 2210. The lowest BCUT2D eigenvalue weighted by Crippen LogP contribution is -2.51. The van der Waals surface area contributed by atoms with Crippen molar-refractivity contribution in [1.82, 2.24) is 20.4 Å². The van der Waals surface area contributed by atoms with Crippen molar-refractivity contribution >= 4 is 30.0 Å². The Morgan fingerprint density at radius 2 is 1.23 bits per heavy atom. The molecule has 0 spiro atoms. The number of benzene rings is 5. The van der Waals surface area contributed by atoms with Crippen molar-refractivity contribution in [3.05, 3.63) is 167 Å². The van der Waals surface area contributed by atoms with E-state index in [-0.39, 0.29) is 69.8 Å². The Labute approximate surface area is 362 Å². The van der Waals surface area contributed by atoms with Crippen LogP contribution >= 0.6 is 0 Å². The molecule has 1 aliphatic rings. The predicted octanol–water partition coefficient (Wildman–Crippen LogP) is 8.61. The van der Waals surface area contributed by atoms with Crippen LogP contribution in [0.25, 0.3) is 11.1 Å². The van der Waals surface area contributed by atoms with Gasteiger partial charge in [0.2, 0.25) is 5.91 Å². The van der Waals surface area contributed by atoms with Crippen molar-refractivity contribution in [1.29, 1.82) is 0 Å². The summed E-state index contributed by atoms with van der Waals surface area (Å²) in [7, 11) is 0. The first-order chi connectivity index (χ1) is 29.9. The summed E-state index contributed by atoms with van der Waals surface area (Å²) in [5.74, 6) is -1.45. The third kappa shape index (κ3) is 12.3. The molecule has 6 rings (SSSR count). The number of rotatable bonds is 18. The van der Waals surface area contributed by atoms with Crippen LogP contribution in [0.3, 0.4) is 0 Å².